The Morgan fingerprint density at radius 1 is 0.482 bits per heavy atom. The van der Waals surface area contributed by atoms with E-state index < -0.39 is 0 Å². The van der Waals surface area contributed by atoms with Crippen molar-refractivity contribution in [3.8, 4) is 22.3 Å². The van der Waals surface area contributed by atoms with E-state index in [2.05, 4.69) is 140 Å². The van der Waals surface area contributed by atoms with Gasteiger partial charge in [-0.25, -0.2) is 0 Å². The monoisotopic (exact) mass is 718 g/mol. The molecule has 56 heavy (non-hydrogen) atoms. The van der Waals surface area contributed by atoms with Crippen LogP contribution in [0, 0.1) is 12.3 Å². The molecule has 3 nitrogen and oxygen atoms in total. The van der Waals surface area contributed by atoms with Crippen LogP contribution in [0.5, 0.6) is 0 Å². The molecule has 10 aromatic rings. The predicted molar refractivity (Wildman–Crippen MR) is 239 cm³/mol. The summed E-state index contributed by atoms with van der Waals surface area (Å²) < 4.78 is 6.23. The van der Waals surface area contributed by atoms with Gasteiger partial charge in [0.15, 0.2) is 0 Å². The summed E-state index contributed by atoms with van der Waals surface area (Å²) in [5.41, 5.74) is 10.4. The van der Waals surface area contributed by atoms with E-state index >= 15 is 0 Å². The maximum Gasteiger partial charge on any atom is 0.136 e. The third-order valence-electron chi connectivity index (χ3n) is 10.5. The fraction of sp³-hybridized carbons (Fsp3) is 0.0189. The fourth-order valence-electron chi connectivity index (χ4n) is 7.74. The topological polar surface area (TPSA) is 49.4 Å². The molecular weight excluding hydrogens is 681 g/mol. The smallest absolute Gasteiger partial charge is 0.136 e. The molecule has 1 heterocycles. The van der Waals surface area contributed by atoms with Crippen molar-refractivity contribution in [2.24, 2.45) is 4.99 Å². The molecule has 0 radical (unpaired) electrons. The number of hydrogen-bond acceptors (Lipinski definition) is 3. The number of nitrogens with zero attached hydrogens (tertiary/aromatic N) is 1. The molecule has 0 aliphatic rings. The average Bonchev–Trinajstić information content (AvgIpc) is 3.64. The van der Waals surface area contributed by atoms with Crippen LogP contribution in [0.25, 0.3) is 82.2 Å². The third-order valence-corrected chi connectivity index (χ3v) is 10.5. The molecule has 3 heteroatoms. The Morgan fingerprint density at radius 2 is 1.02 bits per heavy atom. The van der Waals surface area contributed by atoms with Gasteiger partial charge in [-0.3, -0.25) is 4.99 Å². The molecular formula is C53H38N2O. The number of benzene rings is 9. The van der Waals surface area contributed by atoms with Gasteiger partial charge in [0.25, 0.3) is 0 Å². The van der Waals surface area contributed by atoms with Crippen molar-refractivity contribution in [2.45, 2.75) is 6.92 Å². The molecule has 0 unspecified atom stereocenters. The van der Waals surface area contributed by atoms with Crippen LogP contribution in [0.4, 0.5) is 0 Å². The molecule has 0 atom stereocenters. The second-order valence-corrected chi connectivity index (χ2v) is 14.0. The Bertz CT molecular complexity index is 3100. The van der Waals surface area contributed by atoms with Crippen LogP contribution in [-0.2, 0) is 0 Å². The van der Waals surface area contributed by atoms with Gasteiger partial charge in [-0.05, 0) is 104 Å². The summed E-state index contributed by atoms with van der Waals surface area (Å²) in [6.07, 6.45) is 1.83. The van der Waals surface area contributed by atoms with Crippen LogP contribution in [0.2, 0.25) is 0 Å². The molecule has 0 amide bonds. The maximum atomic E-state index is 9.03. The first-order valence-electron chi connectivity index (χ1n) is 18.8. The summed E-state index contributed by atoms with van der Waals surface area (Å²) in [5.74, 6) is 0. The van der Waals surface area contributed by atoms with E-state index in [0.717, 1.165) is 76.9 Å². The van der Waals surface area contributed by atoms with Crippen molar-refractivity contribution >= 4 is 72.4 Å². The Morgan fingerprint density at radius 3 is 1.71 bits per heavy atom. The standard InChI is InChI=1S/C46H30N2O.C7H8/c1-48-43(28-42(47)31-20-18-30(19-21-31)29-10-3-2-4-11-29)40-16-9-15-38-34-12-5-6-13-35(34)41-26-32(23-25-39(41)46(38)40)33-22-24-37-36-14-7-8-17-44(36)49-45(37)27-33;1-7-5-3-2-4-6-7/h2-28,47H,1H2;2-6H,1H3/b43-28-,47-42?;. The lowest BCUT2D eigenvalue weighted by Gasteiger charge is -2.15. The van der Waals surface area contributed by atoms with Crippen LogP contribution in [0.15, 0.2) is 204 Å². The predicted octanol–water partition coefficient (Wildman–Crippen LogP) is 14.5. The van der Waals surface area contributed by atoms with E-state index in [0.29, 0.717) is 11.4 Å². The highest BCUT2D eigenvalue weighted by Gasteiger charge is 2.16. The third kappa shape index (κ3) is 6.46. The fourth-order valence-corrected chi connectivity index (χ4v) is 7.74. The molecule has 0 aliphatic carbocycles. The average molecular weight is 719 g/mol. The normalized spacial score (nSPS) is 11.6. The lowest BCUT2D eigenvalue weighted by Crippen LogP contribution is -1.97. The summed E-state index contributed by atoms with van der Waals surface area (Å²) in [6.45, 7) is 6.04. The van der Waals surface area contributed by atoms with Gasteiger partial charge < -0.3 is 9.83 Å². The molecule has 0 bridgehead atoms. The maximum absolute atomic E-state index is 9.03. The lowest BCUT2D eigenvalue weighted by atomic mass is 9.89. The van der Waals surface area contributed by atoms with Crippen molar-refractivity contribution in [3.63, 3.8) is 0 Å². The molecule has 0 saturated carbocycles. The zero-order valence-corrected chi connectivity index (χ0v) is 31.0. The van der Waals surface area contributed by atoms with E-state index in [1.54, 1.807) is 0 Å². The number of hydrogen-bond donors (Lipinski definition) is 1. The number of aliphatic imine (C=N–C) groups is 1. The number of rotatable bonds is 6. The van der Waals surface area contributed by atoms with Gasteiger partial charge >= 0.3 is 0 Å². The minimum absolute atomic E-state index is 0.382. The first-order valence-corrected chi connectivity index (χ1v) is 18.8. The van der Waals surface area contributed by atoms with Crippen LogP contribution in [0.3, 0.4) is 0 Å². The van der Waals surface area contributed by atoms with Crippen molar-refractivity contribution in [2.75, 3.05) is 0 Å². The molecule has 0 aliphatic heterocycles. The van der Waals surface area contributed by atoms with E-state index in [1.807, 2.05) is 72.8 Å². The highest BCUT2D eigenvalue weighted by molar-refractivity contribution is 6.28. The number of fused-ring (bicyclic) bond motifs is 9. The summed E-state index contributed by atoms with van der Waals surface area (Å²) >= 11 is 0. The van der Waals surface area contributed by atoms with Gasteiger partial charge in [-0.15, -0.1) is 0 Å². The molecule has 10 rings (SSSR count). The molecule has 9 aromatic carbocycles. The number of nitrogens with one attached hydrogen (secondary N) is 1. The zero-order chi connectivity index (χ0) is 38.0. The summed E-state index contributed by atoms with van der Waals surface area (Å²) in [7, 11) is 0. The molecule has 0 spiro atoms. The minimum Gasteiger partial charge on any atom is -0.456 e. The Hall–Kier alpha value is -7.36. The molecule has 0 saturated heterocycles. The SMILES string of the molecule is C=N/C(=C\C(=N)c1ccc(-c2ccccc2)cc1)c1cccc2c3ccccc3c3cc(-c4ccc5c(c4)oc4ccccc45)ccc3c12.Cc1ccccc1. The second kappa shape index (κ2) is 14.8. The van der Waals surface area contributed by atoms with Crippen molar-refractivity contribution < 1.29 is 4.42 Å². The van der Waals surface area contributed by atoms with Crippen LogP contribution in [0.1, 0.15) is 16.7 Å². The quantitative estimate of drug-likeness (QED) is 0.135. The minimum atomic E-state index is 0.382. The van der Waals surface area contributed by atoms with Crippen molar-refractivity contribution in [3.05, 3.63) is 211 Å². The Balaban J connectivity index is 0.000000530. The summed E-state index contributed by atoms with van der Waals surface area (Å²) in [6, 6.07) is 65.0. The van der Waals surface area contributed by atoms with Crippen LogP contribution >= 0.6 is 0 Å². The number of allylic oxidation sites excluding steroid dienone is 1. The highest BCUT2D eigenvalue weighted by atomic mass is 16.3. The van der Waals surface area contributed by atoms with E-state index in [9.17, 15) is 0 Å². The zero-order valence-electron chi connectivity index (χ0n) is 31.0. The van der Waals surface area contributed by atoms with Gasteiger partial charge in [0.05, 0.1) is 11.4 Å². The lowest BCUT2D eigenvalue weighted by molar-refractivity contribution is 0.669. The second-order valence-electron chi connectivity index (χ2n) is 14.0. The molecule has 0 fully saturated rings. The summed E-state index contributed by atoms with van der Waals surface area (Å²) in [4.78, 5) is 4.50. The Labute approximate surface area is 326 Å². The number of aryl methyl sites for hydroxylation is 1. The summed E-state index contributed by atoms with van der Waals surface area (Å²) in [5, 5.41) is 18.2. The first kappa shape index (κ1) is 34.4. The largest absolute Gasteiger partial charge is 0.456 e. The van der Waals surface area contributed by atoms with Gasteiger partial charge in [-0.2, -0.15) is 0 Å². The molecule has 1 aromatic heterocycles. The number of para-hydroxylation sites is 1. The van der Waals surface area contributed by atoms with E-state index in [-0.39, 0.29) is 0 Å². The van der Waals surface area contributed by atoms with Gasteiger partial charge in [-0.1, -0.05) is 169 Å². The van der Waals surface area contributed by atoms with E-state index in [4.69, 9.17) is 9.83 Å². The van der Waals surface area contributed by atoms with Gasteiger partial charge in [0, 0.05) is 16.3 Å². The van der Waals surface area contributed by atoms with Crippen LogP contribution < -0.4 is 0 Å². The van der Waals surface area contributed by atoms with Crippen molar-refractivity contribution in [1.29, 1.82) is 5.41 Å². The number of furan rings is 1. The first-order chi connectivity index (χ1) is 27.6. The molecule has 1 N–H and O–H groups in total. The van der Waals surface area contributed by atoms with Gasteiger partial charge in [0.2, 0.25) is 0 Å². The van der Waals surface area contributed by atoms with E-state index in [1.165, 1.54) is 16.3 Å². The van der Waals surface area contributed by atoms with Gasteiger partial charge in [0.1, 0.15) is 11.2 Å². The van der Waals surface area contributed by atoms with Crippen molar-refractivity contribution in [1.82, 2.24) is 0 Å². The molecule has 266 valence electrons. The van der Waals surface area contributed by atoms with Crippen LogP contribution in [-0.4, -0.2) is 12.4 Å². The Kier molecular flexibility index (Phi) is 9.10. The highest BCUT2D eigenvalue weighted by Crippen LogP contribution is 2.41.